The van der Waals surface area contributed by atoms with Gasteiger partial charge in [-0.05, 0) is 91.1 Å². The Balaban J connectivity index is 1.64. The molecule has 1 heterocycles. The first-order valence-corrected chi connectivity index (χ1v) is 12.7. The molecule has 2 atom stereocenters. The van der Waals surface area contributed by atoms with Crippen LogP contribution >= 0.6 is 0 Å². The van der Waals surface area contributed by atoms with Crippen molar-refractivity contribution in [1.29, 1.82) is 5.41 Å². The third kappa shape index (κ3) is 3.70. The van der Waals surface area contributed by atoms with Gasteiger partial charge in [0.1, 0.15) is 0 Å². The zero-order valence-corrected chi connectivity index (χ0v) is 20.9. The molecule has 1 aliphatic heterocycles. The van der Waals surface area contributed by atoms with Crippen molar-refractivity contribution in [2.24, 2.45) is 5.92 Å². The second kappa shape index (κ2) is 8.91. The van der Waals surface area contributed by atoms with Crippen molar-refractivity contribution in [3.8, 4) is 11.1 Å². The number of rotatable bonds is 5. The van der Waals surface area contributed by atoms with E-state index in [1.165, 1.54) is 75.7 Å². The first-order chi connectivity index (χ1) is 16.5. The Bertz CT molecular complexity index is 1250. The van der Waals surface area contributed by atoms with Crippen molar-refractivity contribution in [3.63, 3.8) is 0 Å². The molecule has 34 heavy (non-hydrogen) atoms. The fourth-order valence-corrected chi connectivity index (χ4v) is 6.30. The molecule has 2 N–H and O–H groups in total. The number of allylic oxidation sites excluding steroid dienone is 6. The Hall–Kier alpha value is -3.13. The fourth-order valence-electron chi connectivity index (χ4n) is 6.30. The Morgan fingerprint density at radius 2 is 1.94 bits per heavy atom. The lowest BCUT2D eigenvalue weighted by atomic mass is 9.79. The summed E-state index contributed by atoms with van der Waals surface area (Å²) in [5.41, 5.74) is 12.6. The molecule has 5 rings (SSSR count). The number of benzene rings is 2. The highest BCUT2D eigenvalue weighted by Crippen LogP contribution is 2.53. The summed E-state index contributed by atoms with van der Waals surface area (Å²) in [6.45, 7) is 9.05. The standard InChI is InChI=1S/C32H36N2/c1-5-11-21(2)30-27-20-29-25(24-15-6-7-16-28(24)32(29,3)4)19-26(27)31(34-30)23-14-10-13-22(18-23)12-8-9-17-33/h5-9,11,15-20,23,31,33-34H,10,12-14H2,1-4H3/b9-8-,11-5-,30-21-,33-17?/t23?,31-/m0/s1. The number of nitrogens with one attached hydrogen (secondary N) is 2. The molecule has 0 saturated heterocycles. The molecule has 1 unspecified atom stereocenters. The Kier molecular flexibility index (Phi) is 5.93. The van der Waals surface area contributed by atoms with Crippen LogP contribution in [-0.4, -0.2) is 6.21 Å². The van der Waals surface area contributed by atoms with Crippen LogP contribution in [0.15, 0.2) is 77.9 Å². The van der Waals surface area contributed by atoms with Crippen molar-refractivity contribution in [3.05, 3.63) is 100 Å². The van der Waals surface area contributed by atoms with Gasteiger partial charge < -0.3 is 10.7 Å². The van der Waals surface area contributed by atoms with E-state index >= 15 is 0 Å². The molecular weight excluding hydrogens is 412 g/mol. The van der Waals surface area contributed by atoms with Crippen LogP contribution in [0.1, 0.15) is 81.7 Å². The maximum absolute atomic E-state index is 7.26. The van der Waals surface area contributed by atoms with E-state index in [-0.39, 0.29) is 5.41 Å². The quantitative estimate of drug-likeness (QED) is 0.350. The second-order valence-corrected chi connectivity index (χ2v) is 10.5. The molecular formula is C32H36N2. The first kappa shape index (κ1) is 22.7. The van der Waals surface area contributed by atoms with Gasteiger partial charge in [0.2, 0.25) is 0 Å². The van der Waals surface area contributed by atoms with Gasteiger partial charge in [0.05, 0.1) is 6.04 Å². The SMILES string of the molecule is C/C=C\C(C)=C1/N[C@@H](C2C=C(C/C=C\C=N)CCC2)c2cc3c(cc21)C(C)(C)c1ccccc1-3. The zero-order chi connectivity index (χ0) is 23.9. The van der Waals surface area contributed by atoms with Crippen molar-refractivity contribution < 1.29 is 0 Å². The van der Waals surface area contributed by atoms with Crippen LogP contribution in [0.25, 0.3) is 16.8 Å². The van der Waals surface area contributed by atoms with E-state index in [4.69, 9.17) is 5.41 Å². The lowest BCUT2D eigenvalue weighted by Crippen LogP contribution is -2.22. The van der Waals surface area contributed by atoms with Crippen LogP contribution in [-0.2, 0) is 5.41 Å². The molecule has 0 bridgehead atoms. The summed E-state index contributed by atoms with van der Waals surface area (Å²) in [5.74, 6) is 0.481. The van der Waals surface area contributed by atoms with Crippen molar-refractivity contribution in [2.45, 2.75) is 64.8 Å². The first-order valence-electron chi connectivity index (χ1n) is 12.7. The fraction of sp³-hybridized carbons (Fsp3) is 0.344. The molecule has 0 radical (unpaired) electrons. The minimum absolute atomic E-state index is 0.0117. The summed E-state index contributed by atoms with van der Waals surface area (Å²) < 4.78 is 0. The second-order valence-electron chi connectivity index (χ2n) is 10.5. The Morgan fingerprint density at radius 1 is 1.12 bits per heavy atom. The van der Waals surface area contributed by atoms with Crippen LogP contribution < -0.4 is 5.32 Å². The van der Waals surface area contributed by atoms with E-state index in [9.17, 15) is 0 Å². The van der Waals surface area contributed by atoms with Gasteiger partial charge in [0, 0.05) is 28.8 Å². The monoisotopic (exact) mass is 448 g/mol. The highest BCUT2D eigenvalue weighted by molar-refractivity contribution is 5.86. The largest absolute Gasteiger partial charge is 0.377 e. The van der Waals surface area contributed by atoms with Gasteiger partial charge in [-0.1, -0.05) is 68.0 Å². The topological polar surface area (TPSA) is 35.9 Å². The average Bonchev–Trinajstić information content (AvgIpc) is 3.32. The van der Waals surface area contributed by atoms with Crippen molar-refractivity contribution in [1.82, 2.24) is 5.32 Å². The predicted octanol–water partition coefficient (Wildman–Crippen LogP) is 8.27. The van der Waals surface area contributed by atoms with Gasteiger partial charge in [0.15, 0.2) is 0 Å². The highest BCUT2D eigenvalue weighted by Gasteiger charge is 2.40. The summed E-state index contributed by atoms with van der Waals surface area (Å²) in [6.07, 6.45) is 16.8. The zero-order valence-electron chi connectivity index (χ0n) is 20.9. The molecule has 2 aromatic carbocycles. The third-order valence-electron chi connectivity index (χ3n) is 7.99. The number of hydrogen-bond donors (Lipinski definition) is 2. The smallest absolute Gasteiger partial charge is 0.0583 e. The summed E-state index contributed by atoms with van der Waals surface area (Å²) in [4.78, 5) is 0. The Labute approximate surface area is 204 Å². The van der Waals surface area contributed by atoms with Gasteiger partial charge in [-0.2, -0.15) is 0 Å². The van der Waals surface area contributed by atoms with Crippen LogP contribution in [0.3, 0.4) is 0 Å². The highest BCUT2D eigenvalue weighted by atomic mass is 15.0. The summed E-state index contributed by atoms with van der Waals surface area (Å²) in [7, 11) is 0. The summed E-state index contributed by atoms with van der Waals surface area (Å²) >= 11 is 0. The van der Waals surface area contributed by atoms with Crippen molar-refractivity contribution >= 4 is 11.9 Å². The minimum atomic E-state index is 0.0117. The minimum Gasteiger partial charge on any atom is -0.377 e. The van der Waals surface area contributed by atoms with E-state index in [1.807, 2.05) is 6.08 Å². The van der Waals surface area contributed by atoms with E-state index in [2.05, 4.69) is 93.7 Å². The van der Waals surface area contributed by atoms with Gasteiger partial charge in [-0.25, -0.2) is 0 Å². The summed E-state index contributed by atoms with van der Waals surface area (Å²) in [5, 5.41) is 11.2. The molecule has 2 aliphatic carbocycles. The molecule has 0 fully saturated rings. The summed E-state index contributed by atoms with van der Waals surface area (Å²) in [6, 6.07) is 14.2. The van der Waals surface area contributed by atoms with Crippen LogP contribution in [0, 0.1) is 11.3 Å². The lowest BCUT2D eigenvalue weighted by Gasteiger charge is -2.27. The van der Waals surface area contributed by atoms with Crippen LogP contribution in [0.2, 0.25) is 0 Å². The maximum atomic E-state index is 7.26. The Morgan fingerprint density at radius 3 is 2.74 bits per heavy atom. The third-order valence-corrected chi connectivity index (χ3v) is 7.99. The predicted molar refractivity (Wildman–Crippen MR) is 145 cm³/mol. The normalized spacial score (nSPS) is 23.9. The molecule has 0 aromatic heterocycles. The molecule has 2 nitrogen and oxygen atoms in total. The van der Waals surface area contributed by atoms with Gasteiger partial charge >= 0.3 is 0 Å². The number of hydrogen-bond acceptors (Lipinski definition) is 2. The molecule has 3 aliphatic rings. The lowest BCUT2D eigenvalue weighted by molar-refractivity contribution is 0.423. The molecule has 0 amide bonds. The van der Waals surface area contributed by atoms with Crippen molar-refractivity contribution in [2.75, 3.05) is 0 Å². The molecule has 174 valence electrons. The van der Waals surface area contributed by atoms with Gasteiger partial charge in [-0.15, -0.1) is 0 Å². The molecule has 2 heteroatoms. The maximum Gasteiger partial charge on any atom is 0.0583 e. The van der Waals surface area contributed by atoms with E-state index in [0.717, 1.165) is 6.42 Å². The average molecular weight is 449 g/mol. The molecule has 0 spiro atoms. The van der Waals surface area contributed by atoms with Crippen LogP contribution in [0.5, 0.6) is 0 Å². The van der Waals surface area contributed by atoms with Gasteiger partial charge in [-0.3, -0.25) is 0 Å². The van der Waals surface area contributed by atoms with Gasteiger partial charge in [0.25, 0.3) is 0 Å². The van der Waals surface area contributed by atoms with E-state index in [1.54, 1.807) is 0 Å². The number of fused-ring (bicyclic) bond motifs is 4. The molecule has 0 saturated carbocycles. The van der Waals surface area contributed by atoms with E-state index < -0.39 is 0 Å². The van der Waals surface area contributed by atoms with E-state index in [0.29, 0.717) is 12.0 Å². The van der Waals surface area contributed by atoms with Crippen LogP contribution in [0.4, 0.5) is 0 Å². The molecule has 2 aromatic rings.